The van der Waals surface area contributed by atoms with Gasteiger partial charge in [0.15, 0.2) is 0 Å². The molecule has 0 saturated carbocycles. The minimum absolute atomic E-state index is 0.672. The van der Waals surface area contributed by atoms with Crippen molar-refractivity contribution in [1.82, 2.24) is 4.90 Å². The molecular formula is C22H25NO5S. The molecule has 2 aromatic rings. The second-order valence-electron chi connectivity index (χ2n) is 7.33. The molecule has 0 aromatic heterocycles. The Morgan fingerprint density at radius 3 is 2.62 bits per heavy atom. The molecule has 154 valence electrons. The van der Waals surface area contributed by atoms with Crippen LogP contribution in [0.25, 0.3) is 0 Å². The van der Waals surface area contributed by atoms with Crippen molar-refractivity contribution in [3.63, 3.8) is 0 Å². The standard InChI is InChI=1S/C20H23NOS.C2H2O4/c1-21-11-5-6-15(13-21)12-16-8-4-9-18-20(16)23-19-10-3-2-7-17(19)14-22-18;3-1(4)2(5)6/h2-4,7-10,15H,5-6,11-14H2,1H3;(H,3,4)(H,5,6). The van der Waals surface area contributed by atoms with Gasteiger partial charge in [0.2, 0.25) is 0 Å². The third-order valence-electron chi connectivity index (χ3n) is 5.04. The van der Waals surface area contributed by atoms with Crippen LogP contribution in [0.1, 0.15) is 24.0 Å². The van der Waals surface area contributed by atoms with Crippen molar-refractivity contribution in [3.05, 3.63) is 53.6 Å². The second kappa shape index (κ2) is 9.80. The SMILES string of the molecule is CN1CCCC(Cc2cccc3c2Sc2ccccc2CO3)C1.O=C(O)C(=O)O. The Morgan fingerprint density at radius 1 is 1.14 bits per heavy atom. The summed E-state index contributed by atoms with van der Waals surface area (Å²) in [6.45, 7) is 3.13. The number of nitrogens with zero attached hydrogens (tertiary/aromatic N) is 1. The Balaban J connectivity index is 0.000000353. The first-order valence-corrected chi connectivity index (χ1v) is 10.4. The van der Waals surface area contributed by atoms with Crippen LogP contribution < -0.4 is 4.74 Å². The molecule has 0 aliphatic carbocycles. The average Bonchev–Trinajstić information content (AvgIpc) is 2.89. The van der Waals surface area contributed by atoms with E-state index in [1.807, 2.05) is 11.8 Å². The van der Waals surface area contributed by atoms with E-state index in [9.17, 15) is 0 Å². The van der Waals surface area contributed by atoms with Gasteiger partial charge in [0.05, 0.1) is 4.90 Å². The molecule has 0 amide bonds. The lowest BCUT2D eigenvalue weighted by Crippen LogP contribution is -2.33. The molecule has 1 unspecified atom stereocenters. The second-order valence-corrected chi connectivity index (χ2v) is 8.38. The van der Waals surface area contributed by atoms with Gasteiger partial charge in [-0.3, -0.25) is 0 Å². The normalized spacial score (nSPS) is 18.2. The van der Waals surface area contributed by atoms with Gasteiger partial charge in [-0.05, 0) is 56.5 Å². The van der Waals surface area contributed by atoms with Gasteiger partial charge in [0.25, 0.3) is 0 Å². The highest BCUT2D eigenvalue weighted by Gasteiger charge is 2.22. The maximum absolute atomic E-state index is 9.10. The van der Waals surface area contributed by atoms with Gasteiger partial charge in [-0.2, -0.15) is 0 Å². The molecule has 0 bridgehead atoms. The van der Waals surface area contributed by atoms with E-state index in [1.54, 1.807) is 0 Å². The predicted octanol–water partition coefficient (Wildman–Crippen LogP) is 3.77. The number of piperidine rings is 1. The monoisotopic (exact) mass is 415 g/mol. The van der Waals surface area contributed by atoms with Crippen molar-refractivity contribution < 1.29 is 24.5 Å². The van der Waals surface area contributed by atoms with Crippen LogP contribution in [0.2, 0.25) is 0 Å². The van der Waals surface area contributed by atoms with Gasteiger partial charge in [-0.25, -0.2) is 9.59 Å². The number of hydrogen-bond donors (Lipinski definition) is 2. The smallest absolute Gasteiger partial charge is 0.414 e. The summed E-state index contributed by atoms with van der Waals surface area (Å²) in [5.41, 5.74) is 2.74. The van der Waals surface area contributed by atoms with Crippen LogP contribution in [0.3, 0.4) is 0 Å². The van der Waals surface area contributed by atoms with Gasteiger partial charge in [-0.1, -0.05) is 42.1 Å². The molecule has 2 heterocycles. The highest BCUT2D eigenvalue weighted by atomic mass is 32.2. The summed E-state index contributed by atoms with van der Waals surface area (Å²) < 4.78 is 6.09. The number of carboxylic acid groups (broad SMARTS) is 2. The maximum Gasteiger partial charge on any atom is 0.414 e. The number of hydrogen-bond acceptors (Lipinski definition) is 5. The first-order chi connectivity index (χ1) is 13.9. The highest BCUT2D eigenvalue weighted by Crippen LogP contribution is 2.43. The third-order valence-corrected chi connectivity index (χ3v) is 6.33. The fourth-order valence-electron chi connectivity index (χ4n) is 3.69. The molecule has 4 rings (SSSR count). The Labute approximate surface area is 174 Å². The Morgan fingerprint density at radius 2 is 1.90 bits per heavy atom. The molecule has 1 saturated heterocycles. The van der Waals surface area contributed by atoms with E-state index in [2.05, 4.69) is 54.4 Å². The number of fused-ring (bicyclic) bond motifs is 2. The number of rotatable bonds is 2. The van der Waals surface area contributed by atoms with Gasteiger partial charge < -0.3 is 19.8 Å². The molecule has 6 nitrogen and oxygen atoms in total. The van der Waals surface area contributed by atoms with E-state index >= 15 is 0 Å². The Bertz CT molecular complexity index is 873. The molecule has 2 aliphatic rings. The summed E-state index contributed by atoms with van der Waals surface area (Å²) in [6, 6.07) is 15.2. The predicted molar refractivity (Wildman–Crippen MR) is 111 cm³/mol. The van der Waals surface area contributed by atoms with Crippen LogP contribution in [-0.2, 0) is 22.6 Å². The number of aliphatic carboxylic acids is 2. The molecular weight excluding hydrogens is 390 g/mol. The first kappa shape index (κ1) is 21.2. The summed E-state index contributed by atoms with van der Waals surface area (Å²) in [5, 5.41) is 14.8. The summed E-state index contributed by atoms with van der Waals surface area (Å²) >= 11 is 1.88. The zero-order chi connectivity index (χ0) is 20.8. The number of benzene rings is 2. The summed E-state index contributed by atoms with van der Waals surface area (Å²) in [7, 11) is 2.24. The van der Waals surface area contributed by atoms with Crippen LogP contribution in [0, 0.1) is 5.92 Å². The molecule has 29 heavy (non-hydrogen) atoms. The van der Waals surface area contributed by atoms with Gasteiger partial charge >= 0.3 is 11.9 Å². The molecule has 2 N–H and O–H groups in total. The van der Waals surface area contributed by atoms with Gasteiger partial charge in [0.1, 0.15) is 12.4 Å². The van der Waals surface area contributed by atoms with Gasteiger partial charge in [-0.15, -0.1) is 0 Å². The average molecular weight is 416 g/mol. The minimum atomic E-state index is -1.82. The van der Waals surface area contributed by atoms with Crippen LogP contribution in [0.4, 0.5) is 0 Å². The van der Waals surface area contributed by atoms with Gasteiger partial charge in [0, 0.05) is 17.0 Å². The summed E-state index contributed by atoms with van der Waals surface area (Å²) in [5.74, 6) is -1.84. The zero-order valence-corrected chi connectivity index (χ0v) is 17.2. The topological polar surface area (TPSA) is 87.1 Å². The lowest BCUT2D eigenvalue weighted by Gasteiger charge is -2.30. The van der Waals surface area contributed by atoms with E-state index in [1.165, 1.54) is 46.8 Å². The fourth-order valence-corrected chi connectivity index (χ4v) is 4.83. The Kier molecular flexibility index (Phi) is 7.17. The first-order valence-electron chi connectivity index (χ1n) is 9.59. The molecule has 0 spiro atoms. The Hall–Kier alpha value is -2.51. The van der Waals surface area contributed by atoms with Crippen LogP contribution >= 0.6 is 11.8 Å². The van der Waals surface area contributed by atoms with E-state index in [0.717, 1.165) is 18.1 Å². The molecule has 1 fully saturated rings. The summed E-state index contributed by atoms with van der Waals surface area (Å²) in [6.07, 6.45) is 3.82. The minimum Gasteiger partial charge on any atom is -0.488 e. The van der Waals surface area contributed by atoms with Crippen molar-refractivity contribution >= 4 is 23.7 Å². The van der Waals surface area contributed by atoms with Crippen molar-refractivity contribution in [2.24, 2.45) is 5.92 Å². The molecule has 0 radical (unpaired) electrons. The van der Waals surface area contributed by atoms with E-state index < -0.39 is 11.9 Å². The third kappa shape index (κ3) is 5.74. The van der Waals surface area contributed by atoms with Crippen molar-refractivity contribution in [3.8, 4) is 5.75 Å². The number of carboxylic acids is 2. The fraction of sp³-hybridized carbons (Fsp3) is 0.364. The molecule has 7 heteroatoms. The zero-order valence-electron chi connectivity index (χ0n) is 16.3. The largest absolute Gasteiger partial charge is 0.488 e. The van der Waals surface area contributed by atoms with E-state index in [4.69, 9.17) is 24.5 Å². The molecule has 1 atom stereocenters. The number of likely N-dealkylation sites (tertiary alicyclic amines) is 1. The van der Waals surface area contributed by atoms with Crippen LogP contribution in [0.5, 0.6) is 5.75 Å². The lowest BCUT2D eigenvalue weighted by molar-refractivity contribution is -0.159. The quantitative estimate of drug-likeness (QED) is 0.722. The van der Waals surface area contributed by atoms with Crippen molar-refractivity contribution in [2.45, 2.75) is 35.7 Å². The molecule has 2 aromatic carbocycles. The van der Waals surface area contributed by atoms with Crippen molar-refractivity contribution in [1.29, 1.82) is 0 Å². The number of carbonyl (C=O) groups is 2. The van der Waals surface area contributed by atoms with E-state index in [0.29, 0.717) is 6.61 Å². The van der Waals surface area contributed by atoms with E-state index in [-0.39, 0.29) is 0 Å². The summed E-state index contributed by atoms with van der Waals surface area (Å²) in [4.78, 5) is 23.3. The maximum atomic E-state index is 9.10. The van der Waals surface area contributed by atoms with Crippen molar-refractivity contribution in [2.75, 3.05) is 20.1 Å². The lowest BCUT2D eigenvalue weighted by atomic mass is 9.91. The highest BCUT2D eigenvalue weighted by molar-refractivity contribution is 7.99. The van der Waals surface area contributed by atoms with Crippen LogP contribution in [0.15, 0.2) is 52.3 Å². The van der Waals surface area contributed by atoms with Crippen LogP contribution in [-0.4, -0.2) is 47.2 Å². The number of ether oxygens (including phenoxy) is 1. The molecule has 2 aliphatic heterocycles.